The number of thiazole rings is 1. The highest BCUT2D eigenvalue weighted by molar-refractivity contribution is 7.15. The summed E-state index contributed by atoms with van der Waals surface area (Å²) < 4.78 is 0. The van der Waals surface area contributed by atoms with Crippen LogP contribution in [0.4, 0.5) is 10.9 Å². The van der Waals surface area contributed by atoms with Crippen molar-refractivity contribution in [3.8, 4) is 0 Å². The van der Waals surface area contributed by atoms with E-state index in [1.54, 1.807) is 29.8 Å². The first-order valence-electron chi connectivity index (χ1n) is 8.67. The second kappa shape index (κ2) is 8.37. The number of likely N-dealkylation sites (tertiary alicyclic amines) is 1. The minimum Gasteiger partial charge on any atom is -0.330 e. The lowest BCUT2D eigenvalue weighted by atomic mass is 10.1. The van der Waals surface area contributed by atoms with Crippen molar-refractivity contribution in [3.63, 3.8) is 0 Å². The third-order valence-electron chi connectivity index (χ3n) is 4.16. The van der Waals surface area contributed by atoms with Gasteiger partial charge in [0.2, 0.25) is 5.91 Å². The maximum Gasteiger partial charge on any atom is 0.246 e. The molecule has 0 unspecified atom stereocenters. The van der Waals surface area contributed by atoms with Crippen molar-refractivity contribution in [2.24, 2.45) is 0 Å². The van der Waals surface area contributed by atoms with E-state index in [-0.39, 0.29) is 11.9 Å². The van der Waals surface area contributed by atoms with E-state index in [1.165, 1.54) is 0 Å². The quantitative estimate of drug-likeness (QED) is 0.786. The van der Waals surface area contributed by atoms with Gasteiger partial charge in [0.15, 0.2) is 10.9 Å². The highest BCUT2D eigenvalue weighted by Gasteiger charge is 2.32. The van der Waals surface area contributed by atoms with E-state index < -0.39 is 0 Å². The first-order chi connectivity index (χ1) is 12.5. The van der Waals surface area contributed by atoms with Crippen LogP contribution in [0.2, 0.25) is 0 Å². The van der Waals surface area contributed by atoms with E-state index in [4.69, 9.17) is 0 Å². The zero-order chi connectivity index (χ0) is 18.5. The van der Waals surface area contributed by atoms with Crippen LogP contribution in [0.3, 0.4) is 0 Å². The Kier molecular flexibility index (Phi) is 5.95. The van der Waals surface area contributed by atoms with Crippen LogP contribution in [-0.4, -0.2) is 57.8 Å². The van der Waals surface area contributed by atoms with Gasteiger partial charge in [-0.15, -0.1) is 11.3 Å². The number of hydrogen-bond acceptors (Lipinski definition) is 7. The molecular formula is C18H24N6OS. The summed E-state index contributed by atoms with van der Waals surface area (Å²) in [6.07, 6.45) is 10.6. The minimum atomic E-state index is -0.0660. The van der Waals surface area contributed by atoms with Crippen molar-refractivity contribution in [3.05, 3.63) is 41.3 Å². The SMILES string of the molecule is Cc1cnc(Nc2nccnc2[C@H]2CCCN2C(=O)/C=C/CN(C)C)s1. The van der Waals surface area contributed by atoms with Crippen LogP contribution in [0.15, 0.2) is 30.7 Å². The number of aryl methyl sites for hydroxylation is 1. The van der Waals surface area contributed by atoms with E-state index in [9.17, 15) is 4.79 Å². The van der Waals surface area contributed by atoms with Crippen LogP contribution < -0.4 is 5.32 Å². The number of aromatic nitrogens is 3. The molecule has 1 fully saturated rings. The number of likely N-dealkylation sites (N-methyl/N-ethyl adjacent to an activating group) is 1. The molecule has 0 saturated carbocycles. The van der Waals surface area contributed by atoms with Crippen molar-refractivity contribution >= 4 is 28.2 Å². The number of amides is 1. The van der Waals surface area contributed by atoms with E-state index in [2.05, 4.69) is 20.3 Å². The largest absolute Gasteiger partial charge is 0.330 e. The van der Waals surface area contributed by atoms with E-state index in [0.717, 1.165) is 41.6 Å². The summed E-state index contributed by atoms with van der Waals surface area (Å²) in [7, 11) is 3.95. The molecule has 0 aromatic carbocycles. The fraction of sp³-hybridized carbons (Fsp3) is 0.444. The van der Waals surface area contributed by atoms with Gasteiger partial charge in [0.05, 0.1) is 6.04 Å². The number of nitrogens with one attached hydrogen (secondary N) is 1. The molecule has 1 saturated heterocycles. The molecule has 3 heterocycles. The summed E-state index contributed by atoms with van der Waals surface area (Å²) in [6.45, 7) is 3.49. The van der Waals surface area contributed by atoms with E-state index >= 15 is 0 Å². The van der Waals surface area contributed by atoms with Gasteiger partial charge >= 0.3 is 0 Å². The zero-order valence-electron chi connectivity index (χ0n) is 15.3. The van der Waals surface area contributed by atoms with Gasteiger partial charge in [-0.1, -0.05) is 6.08 Å². The van der Waals surface area contributed by atoms with Gasteiger partial charge in [0.1, 0.15) is 5.69 Å². The van der Waals surface area contributed by atoms with Crippen molar-refractivity contribution < 1.29 is 4.79 Å². The number of hydrogen-bond donors (Lipinski definition) is 1. The molecular weight excluding hydrogens is 348 g/mol. The Hall–Kier alpha value is -2.32. The lowest BCUT2D eigenvalue weighted by Crippen LogP contribution is -2.30. The molecule has 1 amide bonds. The molecule has 1 aliphatic heterocycles. The number of rotatable bonds is 6. The van der Waals surface area contributed by atoms with Crippen LogP contribution in [-0.2, 0) is 4.79 Å². The first kappa shape index (κ1) is 18.5. The van der Waals surface area contributed by atoms with Crippen LogP contribution in [0.1, 0.15) is 29.5 Å². The third-order valence-corrected chi connectivity index (χ3v) is 4.98. The average Bonchev–Trinajstić information content (AvgIpc) is 3.24. The molecule has 1 N–H and O–H groups in total. The normalized spacial score (nSPS) is 17.4. The molecule has 7 nitrogen and oxygen atoms in total. The molecule has 1 aliphatic rings. The molecule has 3 rings (SSSR count). The van der Waals surface area contributed by atoms with Crippen molar-refractivity contribution in [2.45, 2.75) is 25.8 Å². The van der Waals surface area contributed by atoms with E-state index in [1.807, 2.05) is 43.1 Å². The summed E-state index contributed by atoms with van der Waals surface area (Å²) in [5.74, 6) is 0.694. The summed E-state index contributed by atoms with van der Waals surface area (Å²) in [6, 6.07) is -0.0660. The predicted octanol–water partition coefficient (Wildman–Crippen LogP) is 2.77. The third kappa shape index (κ3) is 4.44. The summed E-state index contributed by atoms with van der Waals surface area (Å²) in [5, 5.41) is 4.04. The average molecular weight is 372 g/mol. The standard InChI is InChI=1S/C18H24N6OS/c1-13-12-21-18(26-13)22-17-16(19-8-9-20-17)14-6-4-11-24(14)15(25)7-5-10-23(2)3/h5,7-9,12,14H,4,6,10-11H2,1-3H3,(H,20,21,22)/b7-5+/t14-/m1/s1. The highest BCUT2D eigenvalue weighted by Crippen LogP contribution is 2.35. The first-order valence-corrected chi connectivity index (χ1v) is 9.48. The van der Waals surface area contributed by atoms with Gasteiger partial charge in [-0.25, -0.2) is 9.97 Å². The highest BCUT2D eigenvalue weighted by atomic mass is 32.1. The molecule has 26 heavy (non-hydrogen) atoms. The van der Waals surface area contributed by atoms with E-state index in [0.29, 0.717) is 5.82 Å². The van der Waals surface area contributed by atoms with Crippen LogP contribution in [0.25, 0.3) is 0 Å². The maximum absolute atomic E-state index is 12.6. The van der Waals surface area contributed by atoms with Crippen molar-refractivity contribution in [2.75, 3.05) is 32.5 Å². The Balaban J connectivity index is 1.79. The van der Waals surface area contributed by atoms with Gasteiger partial charge in [0.25, 0.3) is 0 Å². The fourth-order valence-electron chi connectivity index (χ4n) is 2.98. The Bertz CT molecular complexity index is 787. The number of anilines is 2. The molecule has 0 spiro atoms. The van der Waals surface area contributed by atoms with Gasteiger partial charge in [-0.05, 0) is 33.9 Å². The molecule has 8 heteroatoms. The van der Waals surface area contributed by atoms with Crippen LogP contribution in [0.5, 0.6) is 0 Å². The van der Waals surface area contributed by atoms with Crippen molar-refractivity contribution in [1.82, 2.24) is 24.8 Å². The number of carbonyl (C=O) groups excluding carboxylic acids is 1. The van der Waals surface area contributed by atoms with Crippen molar-refractivity contribution in [1.29, 1.82) is 0 Å². The Morgan fingerprint density at radius 3 is 2.92 bits per heavy atom. The molecule has 1 atom stereocenters. The number of carbonyl (C=O) groups is 1. The second-order valence-electron chi connectivity index (χ2n) is 6.55. The summed E-state index contributed by atoms with van der Waals surface area (Å²) >= 11 is 1.57. The summed E-state index contributed by atoms with van der Waals surface area (Å²) in [4.78, 5) is 31.0. The lowest BCUT2D eigenvalue weighted by molar-refractivity contribution is -0.127. The topological polar surface area (TPSA) is 74.2 Å². The lowest BCUT2D eigenvalue weighted by Gasteiger charge is -2.24. The van der Waals surface area contributed by atoms with Gasteiger partial charge in [-0.2, -0.15) is 0 Å². The zero-order valence-corrected chi connectivity index (χ0v) is 16.2. The Labute approximate surface area is 157 Å². The molecule has 2 aromatic heterocycles. The van der Waals surface area contributed by atoms with Gasteiger partial charge in [0, 0.05) is 42.6 Å². The smallest absolute Gasteiger partial charge is 0.246 e. The summed E-state index contributed by atoms with van der Waals surface area (Å²) in [5.41, 5.74) is 0.798. The fourth-order valence-corrected chi connectivity index (χ4v) is 3.64. The Morgan fingerprint density at radius 2 is 2.19 bits per heavy atom. The maximum atomic E-state index is 12.6. The molecule has 138 valence electrons. The van der Waals surface area contributed by atoms with Crippen LogP contribution in [0, 0.1) is 6.92 Å². The molecule has 2 aromatic rings. The Morgan fingerprint density at radius 1 is 1.38 bits per heavy atom. The number of nitrogens with zero attached hydrogens (tertiary/aromatic N) is 5. The molecule has 0 aliphatic carbocycles. The predicted molar refractivity (Wildman–Crippen MR) is 104 cm³/mol. The molecule has 0 radical (unpaired) electrons. The van der Waals surface area contributed by atoms with Crippen LogP contribution >= 0.6 is 11.3 Å². The molecule has 0 bridgehead atoms. The second-order valence-corrected chi connectivity index (χ2v) is 7.78. The minimum absolute atomic E-state index is 0.0241. The van der Waals surface area contributed by atoms with Gasteiger partial charge < -0.3 is 15.1 Å². The van der Waals surface area contributed by atoms with Gasteiger partial charge in [-0.3, -0.25) is 9.78 Å². The monoisotopic (exact) mass is 372 g/mol.